The van der Waals surface area contributed by atoms with Crippen LogP contribution in [0.4, 0.5) is 17.1 Å². The molecule has 4 rings (SSSR count). The number of carbonyl (C=O) groups is 1. The number of ether oxygens (including phenoxy) is 1. The number of nitrogens with one attached hydrogen (secondary N) is 1. The largest absolute Gasteiger partial charge is 0.375 e. The minimum Gasteiger partial charge on any atom is -0.375 e. The van der Waals surface area contributed by atoms with Crippen LogP contribution in [0.15, 0.2) is 57.8 Å². The quantitative estimate of drug-likeness (QED) is 0.855. The van der Waals surface area contributed by atoms with Crippen molar-refractivity contribution >= 4 is 38.8 Å². The molecule has 1 aliphatic carbocycles. The van der Waals surface area contributed by atoms with E-state index in [0.29, 0.717) is 17.2 Å². The number of carbonyl (C=O) groups excluding carboxylic acids is 1. The Hall–Kier alpha value is -2.71. The van der Waals surface area contributed by atoms with Crippen LogP contribution in [0.3, 0.4) is 0 Å². The number of rotatable bonds is 5. The summed E-state index contributed by atoms with van der Waals surface area (Å²) in [5, 5.41) is 2.64. The number of hydrogen-bond acceptors (Lipinski definition) is 5. The molecular weight excluding hydrogens is 366 g/mol. The first-order valence-corrected chi connectivity index (χ1v) is 10.1. The fourth-order valence-corrected chi connectivity index (χ4v) is 4.37. The van der Waals surface area contributed by atoms with Crippen LogP contribution in [0.2, 0.25) is 0 Å². The van der Waals surface area contributed by atoms with Crippen molar-refractivity contribution < 1.29 is 17.9 Å². The highest BCUT2D eigenvalue weighted by Gasteiger charge is 2.39. The second kappa shape index (κ2) is 6.79. The molecule has 2 aromatic rings. The minimum atomic E-state index is -3.84. The average Bonchev–Trinajstić information content (AvgIpc) is 3.48. The zero-order chi connectivity index (χ0) is 19.0. The third kappa shape index (κ3) is 3.45. The van der Waals surface area contributed by atoms with E-state index in [1.165, 1.54) is 13.2 Å². The predicted molar refractivity (Wildman–Crippen MR) is 103 cm³/mol. The number of methoxy groups -OCH3 is 1. The standard InChI is InChI=1S/C19H19N3O4S/c1-26-12-18(23)20-14-9-10-16-17(11-14)27(24,25)21-19(13-7-8-13)22(16)15-5-3-2-4-6-15/h2-6,9-11,13H,7-8,12H2,1H3,(H,20,23). The Morgan fingerprint density at radius 3 is 2.63 bits per heavy atom. The molecule has 0 aromatic heterocycles. The van der Waals surface area contributed by atoms with Crippen molar-refractivity contribution in [1.29, 1.82) is 0 Å². The molecule has 140 valence electrons. The molecule has 7 nitrogen and oxygen atoms in total. The summed E-state index contributed by atoms with van der Waals surface area (Å²) in [5.74, 6) is 0.354. The number of sulfonamides is 1. The summed E-state index contributed by atoms with van der Waals surface area (Å²) < 4.78 is 34.5. The number of para-hydroxylation sites is 1. The Balaban J connectivity index is 1.81. The maximum absolute atomic E-state index is 12.8. The first-order chi connectivity index (χ1) is 13.0. The van der Waals surface area contributed by atoms with Crippen LogP contribution in [0.5, 0.6) is 0 Å². The van der Waals surface area contributed by atoms with Crippen LogP contribution in [0, 0.1) is 5.92 Å². The van der Waals surface area contributed by atoms with Gasteiger partial charge >= 0.3 is 0 Å². The van der Waals surface area contributed by atoms with E-state index >= 15 is 0 Å². The van der Waals surface area contributed by atoms with Crippen molar-refractivity contribution in [1.82, 2.24) is 0 Å². The Labute approximate surface area is 157 Å². The van der Waals surface area contributed by atoms with Crippen LogP contribution < -0.4 is 10.2 Å². The Kier molecular flexibility index (Phi) is 4.45. The molecule has 1 aliphatic heterocycles. The molecule has 2 aromatic carbocycles. The third-order valence-electron chi connectivity index (χ3n) is 4.44. The topological polar surface area (TPSA) is 88.1 Å². The first kappa shape index (κ1) is 17.7. The summed E-state index contributed by atoms with van der Waals surface area (Å²) in [6.45, 7) is -0.107. The van der Waals surface area contributed by atoms with E-state index < -0.39 is 10.0 Å². The van der Waals surface area contributed by atoms with Gasteiger partial charge in [-0.1, -0.05) is 18.2 Å². The number of amides is 1. The molecule has 0 unspecified atom stereocenters. The molecule has 0 radical (unpaired) electrons. The fourth-order valence-electron chi connectivity index (χ4n) is 3.09. The molecule has 27 heavy (non-hydrogen) atoms. The molecular formula is C19H19N3O4S. The summed E-state index contributed by atoms with van der Waals surface area (Å²) in [6.07, 6.45) is 1.86. The lowest BCUT2D eigenvalue weighted by molar-refractivity contribution is -0.119. The predicted octanol–water partition coefficient (Wildman–Crippen LogP) is 2.92. The fraction of sp³-hybridized carbons (Fsp3) is 0.263. The van der Waals surface area contributed by atoms with E-state index in [1.807, 2.05) is 35.2 Å². The summed E-state index contributed by atoms with van der Waals surface area (Å²) in [5.41, 5.74) is 1.79. The van der Waals surface area contributed by atoms with Gasteiger partial charge in [-0.15, -0.1) is 4.40 Å². The smallest absolute Gasteiger partial charge is 0.286 e. The first-order valence-electron chi connectivity index (χ1n) is 8.62. The molecule has 1 N–H and O–H groups in total. The number of nitrogens with zero attached hydrogens (tertiary/aromatic N) is 2. The summed E-state index contributed by atoms with van der Waals surface area (Å²) >= 11 is 0. The van der Waals surface area contributed by atoms with Crippen molar-refractivity contribution in [2.45, 2.75) is 17.7 Å². The molecule has 8 heteroatoms. The monoisotopic (exact) mass is 385 g/mol. The molecule has 0 saturated heterocycles. The van der Waals surface area contributed by atoms with E-state index in [2.05, 4.69) is 9.71 Å². The van der Waals surface area contributed by atoms with Crippen molar-refractivity contribution in [2.24, 2.45) is 10.3 Å². The van der Waals surface area contributed by atoms with Gasteiger partial charge in [0.05, 0.1) is 5.69 Å². The summed E-state index contributed by atoms with van der Waals surface area (Å²) in [7, 11) is -2.42. The van der Waals surface area contributed by atoms with E-state index in [1.54, 1.807) is 12.1 Å². The number of hydrogen-bond donors (Lipinski definition) is 1. The van der Waals surface area contributed by atoms with Gasteiger partial charge in [-0.25, -0.2) is 0 Å². The van der Waals surface area contributed by atoms with Gasteiger partial charge in [-0.05, 0) is 43.2 Å². The molecule has 0 bridgehead atoms. The Bertz CT molecular complexity index is 1010. The van der Waals surface area contributed by atoms with Crippen LogP contribution in [-0.4, -0.2) is 33.9 Å². The minimum absolute atomic E-state index is 0.0750. The lowest BCUT2D eigenvalue weighted by atomic mass is 10.2. The van der Waals surface area contributed by atoms with Gasteiger partial charge in [0.2, 0.25) is 5.91 Å². The lowest BCUT2D eigenvalue weighted by Crippen LogP contribution is -2.33. The van der Waals surface area contributed by atoms with Gasteiger partial charge in [0, 0.05) is 24.4 Å². The van der Waals surface area contributed by atoms with Crippen molar-refractivity contribution in [3.8, 4) is 0 Å². The average molecular weight is 385 g/mol. The van der Waals surface area contributed by atoms with Crippen LogP contribution in [0.25, 0.3) is 0 Å². The Morgan fingerprint density at radius 2 is 1.96 bits per heavy atom. The molecule has 2 aliphatic rings. The van der Waals surface area contributed by atoms with Crippen LogP contribution in [-0.2, 0) is 19.6 Å². The van der Waals surface area contributed by atoms with Crippen molar-refractivity contribution in [3.63, 3.8) is 0 Å². The summed E-state index contributed by atoms with van der Waals surface area (Å²) in [4.78, 5) is 13.7. The zero-order valence-corrected chi connectivity index (χ0v) is 15.6. The third-order valence-corrected chi connectivity index (χ3v) is 5.75. The van der Waals surface area contributed by atoms with Gasteiger partial charge in [0.1, 0.15) is 17.3 Å². The number of fused-ring (bicyclic) bond motifs is 1. The second-order valence-electron chi connectivity index (χ2n) is 6.53. The molecule has 1 fully saturated rings. The normalized spacial score (nSPS) is 17.8. The maximum atomic E-state index is 12.8. The number of amidine groups is 1. The van der Waals surface area contributed by atoms with Gasteiger partial charge < -0.3 is 10.1 Å². The van der Waals surface area contributed by atoms with Gasteiger partial charge in [0.15, 0.2) is 0 Å². The number of anilines is 3. The summed E-state index contributed by atoms with van der Waals surface area (Å²) in [6, 6.07) is 14.4. The Morgan fingerprint density at radius 1 is 1.22 bits per heavy atom. The van der Waals surface area contributed by atoms with E-state index in [4.69, 9.17) is 4.74 Å². The molecule has 1 heterocycles. The maximum Gasteiger partial charge on any atom is 0.286 e. The lowest BCUT2D eigenvalue weighted by Gasteiger charge is -2.31. The molecule has 1 amide bonds. The van der Waals surface area contributed by atoms with E-state index in [9.17, 15) is 13.2 Å². The van der Waals surface area contributed by atoms with E-state index in [-0.39, 0.29) is 23.3 Å². The molecule has 0 atom stereocenters. The van der Waals surface area contributed by atoms with Crippen LogP contribution in [0.1, 0.15) is 12.8 Å². The number of benzene rings is 2. The zero-order valence-electron chi connectivity index (χ0n) is 14.8. The van der Waals surface area contributed by atoms with E-state index in [0.717, 1.165) is 18.5 Å². The van der Waals surface area contributed by atoms with Crippen LogP contribution >= 0.6 is 0 Å². The van der Waals surface area contributed by atoms with Gasteiger partial charge in [0.25, 0.3) is 10.0 Å². The molecule has 0 spiro atoms. The molecule has 1 saturated carbocycles. The van der Waals surface area contributed by atoms with Gasteiger partial charge in [-0.3, -0.25) is 9.69 Å². The highest BCUT2D eigenvalue weighted by Crippen LogP contribution is 2.44. The second-order valence-corrected chi connectivity index (χ2v) is 8.11. The van der Waals surface area contributed by atoms with Crippen molar-refractivity contribution in [2.75, 3.05) is 23.9 Å². The van der Waals surface area contributed by atoms with Crippen molar-refractivity contribution in [3.05, 3.63) is 48.5 Å². The highest BCUT2D eigenvalue weighted by molar-refractivity contribution is 7.90. The SMILES string of the molecule is COCC(=O)Nc1ccc2c(c1)S(=O)(=O)N=C(C1CC1)N2c1ccccc1. The highest BCUT2D eigenvalue weighted by atomic mass is 32.2. The van der Waals surface area contributed by atoms with Gasteiger partial charge in [-0.2, -0.15) is 8.42 Å².